The quantitative estimate of drug-likeness (QED) is 0.737. The van der Waals surface area contributed by atoms with Crippen LogP contribution in [0.5, 0.6) is 0 Å². The molecule has 0 aliphatic heterocycles. The molecular weight excluding hydrogens is 305 g/mol. The average Bonchev–Trinajstić information content (AvgIpc) is 2.51. The van der Waals surface area contributed by atoms with Crippen LogP contribution >= 0.6 is 0 Å². The van der Waals surface area contributed by atoms with Crippen molar-refractivity contribution >= 4 is 5.71 Å². The smallest absolute Gasteiger partial charge is 0.382 e. The van der Waals surface area contributed by atoms with Crippen molar-refractivity contribution in [2.24, 2.45) is 5.10 Å². The first-order valence-electron chi connectivity index (χ1n) is 7.92. The van der Waals surface area contributed by atoms with Gasteiger partial charge < -0.3 is 4.74 Å². The molecule has 1 aromatic carbocycles. The fraction of sp³-hybridized carbons (Fsp3) is 0.588. The van der Waals surface area contributed by atoms with Gasteiger partial charge in [-0.3, -0.25) is 5.01 Å². The summed E-state index contributed by atoms with van der Waals surface area (Å²) in [6.45, 7) is 1.02. The SMILES string of the molecule is CC[C@H](COC)N(CC(F)(F)F)/N=C1\CCCc2ccccc21. The van der Waals surface area contributed by atoms with E-state index in [4.69, 9.17) is 4.74 Å². The maximum absolute atomic E-state index is 12.9. The summed E-state index contributed by atoms with van der Waals surface area (Å²) in [7, 11) is 1.50. The molecular formula is C17H23F3N2O. The number of rotatable bonds is 6. The first kappa shape index (κ1) is 17.8. The number of benzene rings is 1. The Morgan fingerprint density at radius 1 is 1.26 bits per heavy atom. The van der Waals surface area contributed by atoms with Crippen LogP contribution < -0.4 is 0 Å². The zero-order valence-corrected chi connectivity index (χ0v) is 13.6. The lowest BCUT2D eigenvalue weighted by Crippen LogP contribution is -2.41. The lowest BCUT2D eigenvalue weighted by Gasteiger charge is -2.30. The van der Waals surface area contributed by atoms with Gasteiger partial charge in [0, 0.05) is 12.7 Å². The molecule has 128 valence electrons. The van der Waals surface area contributed by atoms with Gasteiger partial charge in [0.15, 0.2) is 0 Å². The summed E-state index contributed by atoms with van der Waals surface area (Å²) in [5.41, 5.74) is 2.87. The Morgan fingerprint density at radius 3 is 2.65 bits per heavy atom. The van der Waals surface area contributed by atoms with Crippen molar-refractivity contribution in [3.05, 3.63) is 35.4 Å². The maximum Gasteiger partial charge on any atom is 0.407 e. The van der Waals surface area contributed by atoms with Gasteiger partial charge in [0.1, 0.15) is 6.54 Å². The number of nitrogens with zero attached hydrogens (tertiary/aromatic N) is 2. The molecule has 0 aromatic heterocycles. The lowest BCUT2D eigenvalue weighted by molar-refractivity contribution is -0.153. The van der Waals surface area contributed by atoms with Crippen molar-refractivity contribution < 1.29 is 17.9 Å². The molecule has 6 heteroatoms. The molecule has 23 heavy (non-hydrogen) atoms. The van der Waals surface area contributed by atoms with E-state index in [9.17, 15) is 13.2 Å². The summed E-state index contributed by atoms with van der Waals surface area (Å²) < 4.78 is 43.9. The molecule has 0 fully saturated rings. The fourth-order valence-corrected chi connectivity index (χ4v) is 2.90. The summed E-state index contributed by atoms with van der Waals surface area (Å²) in [6.07, 6.45) is -1.18. The van der Waals surface area contributed by atoms with Crippen molar-refractivity contribution in [2.75, 3.05) is 20.3 Å². The average molecular weight is 328 g/mol. The number of hydrogen-bond acceptors (Lipinski definition) is 3. The Balaban J connectivity index is 2.32. The van der Waals surface area contributed by atoms with Crippen LogP contribution in [0.15, 0.2) is 29.4 Å². The third-order valence-electron chi connectivity index (χ3n) is 4.03. The van der Waals surface area contributed by atoms with Crippen molar-refractivity contribution in [2.45, 2.75) is 44.8 Å². The van der Waals surface area contributed by atoms with Gasteiger partial charge >= 0.3 is 6.18 Å². The van der Waals surface area contributed by atoms with E-state index in [0.29, 0.717) is 12.8 Å². The zero-order chi connectivity index (χ0) is 16.9. The Kier molecular flexibility index (Phi) is 6.04. The highest BCUT2D eigenvalue weighted by atomic mass is 19.4. The van der Waals surface area contributed by atoms with Crippen LogP contribution in [0, 0.1) is 0 Å². The molecule has 0 bridgehead atoms. The minimum Gasteiger partial charge on any atom is -0.382 e. The van der Waals surface area contributed by atoms with Gasteiger partial charge in [-0.05, 0) is 31.2 Å². The third-order valence-corrected chi connectivity index (χ3v) is 4.03. The minimum atomic E-state index is -4.29. The molecule has 1 aliphatic rings. The highest BCUT2D eigenvalue weighted by Crippen LogP contribution is 2.24. The van der Waals surface area contributed by atoms with E-state index < -0.39 is 12.7 Å². The van der Waals surface area contributed by atoms with Crippen LogP contribution in [0.1, 0.15) is 37.3 Å². The largest absolute Gasteiger partial charge is 0.407 e. The first-order valence-corrected chi connectivity index (χ1v) is 7.92. The molecule has 0 N–H and O–H groups in total. The molecule has 0 saturated carbocycles. The summed E-state index contributed by atoms with van der Waals surface area (Å²) >= 11 is 0. The van der Waals surface area contributed by atoms with E-state index in [0.717, 1.165) is 34.7 Å². The maximum atomic E-state index is 12.9. The number of aryl methyl sites for hydroxylation is 1. The van der Waals surface area contributed by atoms with E-state index in [2.05, 4.69) is 5.10 Å². The second kappa shape index (κ2) is 7.81. The molecule has 0 amide bonds. The van der Waals surface area contributed by atoms with Crippen LogP contribution in [-0.4, -0.2) is 43.2 Å². The molecule has 3 nitrogen and oxygen atoms in total. The van der Waals surface area contributed by atoms with Crippen molar-refractivity contribution in [1.82, 2.24) is 5.01 Å². The van der Waals surface area contributed by atoms with E-state index >= 15 is 0 Å². The van der Waals surface area contributed by atoms with Crippen LogP contribution in [-0.2, 0) is 11.2 Å². The number of ether oxygens (including phenoxy) is 1. The standard InChI is InChI=1S/C17H23F3N2O/c1-3-14(11-23-2)22(12-17(18,19)20)21-16-10-6-8-13-7-4-5-9-15(13)16/h4-5,7,9,14H,3,6,8,10-12H2,1-2H3/b21-16+/t14-/m1/s1. The Hall–Kier alpha value is -1.56. The predicted molar refractivity (Wildman–Crippen MR) is 84.6 cm³/mol. The van der Waals surface area contributed by atoms with Crippen molar-refractivity contribution in [3.8, 4) is 0 Å². The predicted octanol–water partition coefficient (Wildman–Crippen LogP) is 4.02. The number of alkyl halides is 3. The summed E-state index contributed by atoms with van der Waals surface area (Å²) in [5.74, 6) is 0. The van der Waals surface area contributed by atoms with Gasteiger partial charge in [-0.1, -0.05) is 31.2 Å². The number of hydrazone groups is 1. The fourth-order valence-electron chi connectivity index (χ4n) is 2.90. The van der Waals surface area contributed by atoms with Gasteiger partial charge in [-0.2, -0.15) is 18.3 Å². The number of hydrogen-bond donors (Lipinski definition) is 0. The van der Waals surface area contributed by atoms with E-state index in [1.807, 2.05) is 31.2 Å². The molecule has 1 atom stereocenters. The summed E-state index contributed by atoms with van der Waals surface area (Å²) in [5, 5.41) is 5.56. The lowest BCUT2D eigenvalue weighted by atomic mass is 9.90. The highest BCUT2D eigenvalue weighted by Gasteiger charge is 2.33. The topological polar surface area (TPSA) is 24.8 Å². The van der Waals surface area contributed by atoms with Crippen molar-refractivity contribution in [3.63, 3.8) is 0 Å². The molecule has 0 spiro atoms. The third kappa shape index (κ3) is 4.96. The summed E-state index contributed by atoms with van der Waals surface area (Å²) in [6, 6.07) is 7.43. The monoisotopic (exact) mass is 328 g/mol. The Bertz CT molecular complexity index is 543. The molecule has 0 saturated heterocycles. The molecule has 1 aliphatic carbocycles. The Morgan fingerprint density at radius 2 is 2.00 bits per heavy atom. The number of fused-ring (bicyclic) bond motifs is 1. The zero-order valence-electron chi connectivity index (χ0n) is 13.6. The van der Waals surface area contributed by atoms with E-state index in [1.54, 1.807) is 0 Å². The van der Waals surface area contributed by atoms with Gasteiger partial charge in [0.05, 0.1) is 18.4 Å². The van der Waals surface area contributed by atoms with Crippen molar-refractivity contribution in [1.29, 1.82) is 0 Å². The molecule has 0 radical (unpaired) electrons. The van der Waals surface area contributed by atoms with Crippen LogP contribution in [0.2, 0.25) is 0 Å². The normalized spacial score (nSPS) is 17.9. The summed E-state index contributed by atoms with van der Waals surface area (Å²) in [4.78, 5) is 0. The van der Waals surface area contributed by atoms with E-state index in [-0.39, 0.29) is 12.6 Å². The van der Waals surface area contributed by atoms with Crippen LogP contribution in [0.25, 0.3) is 0 Å². The van der Waals surface area contributed by atoms with Gasteiger partial charge in [0.2, 0.25) is 0 Å². The van der Waals surface area contributed by atoms with Gasteiger partial charge in [0.25, 0.3) is 0 Å². The second-order valence-corrected chi connectivity index (χ2v) is 5.79. The molecule has 1 aromatic rings. The van der Waals surface area contributed by atoms with Crippen LogP contribution in [0.4, 0.5) is 13.2 Å². The number of halogens is 3. The molecule has 2 rings (SSSR count). The highest BCUT2D eigenvalue weighted by molar-refractivity contribution is 6.02. The molecule has 0 unspecified atom stereocenters. The Labute approximate surface area is 135 Å². The van der Waals surface area contributed by atoms with E-state index in [1.165, 1.54) is 7.11 Å². The van der Waals surface area contributed by atoms with Gasteiger partial charge in [-0.25, -0.2) is 0 Å². The van der Waals surface area contributed by atoms with Crippen LogP contribution in [0.3, 0.4) is 0 Å². The second-order valence-electron chi connectivity index (χ2n) is 5.79. The first-order chi connectivity index (χ1) is 10.9. The van der Waals surface area contributed by atoms with Gasteiger partial charge in [-0.15, -0.1) is 0 Å². The molecule has 0 heterocycles. The number of methoxy groups -OCH3 is 1. The minimum absolute atomic E-state index is 0.227.